The van der Waals surface area contributed by atoms with Crippen LogP contribution in [-0.4, -0.2) is 6.61 Å². The van der Waals surface area contributed by atoms with E-state index in [9.17, 15) is 8.78 Å². The first-order chi connectivity index (χ1) is 6.16. The molecule has 0 heterocycles. The van der Waals surface area contributed by atoms with Gasteiger partial charge in [-0.1, -0.05) is 22.0 Å². The molecule has 13 heavy (non-hydrogen) atoms. The molecule has 72 valence electrons. The molecule has 0 saturated carbocycles. The van der Waals surface area contributed by atoms with Gasteiger partial charge in [0.15, 0.2) is 0 Å². The van der Waals surface area contributed by atoms with E-state index in [1.54, 1.807) is 19.1 Å². The van der Waals surface area contributed by atoms with Crippen LogP contribution < -0.4 is 4.74 Å². The minimum atomic E-state index is -2.52. The van der Waals surface area contributed by atoms with Crippen LogP contribution in [-0.2, 0) is 0 Å². The molecule has 4 heteroatoms. The lowest BCUT2D eigenvalue weighted by Crippen LogP contribution is -1.97. The van der Waals surface area contributed by atoms with E-state index in [0.717, 1.165) is 0 Å². The number of hydrogen-bond acceptors (Lipinski definition) is 1. The molecule has 0 atom stereocenters. The molecule has 0 fully saturated rings. The van der Waals surface area contributed by atoms with Crippen LogP contribution in [0.3, 0.4) is 0 Å². The maximum Gasteiger partial charge on any atom is 0.268 e. The van der Waals surface area contributed by atoms with Crippen LogP contribution in [0.2, 0.25) is 0 Å². The van der Waals surface area contributed by atoms with Crippen molar-refractivity contribution in [3.8, 4) is 5.75 Å². The van der Waals surface area contributed by atoms with Crippen molar-refractivity contribution in [3.05, 3.63) is 28.2 Å². The predicted octanol–water partition coefficient (Wildman–Crippen LogP) is 3.79. The molecule has 1 nitrogen and oxygen atoms in total. The number of halogens is 3. The predicted molar refractivity (Wildman–Crippen MR) is 50.3 cm³/mol. The molecule has 0 aliphatic carbocycles. The fourth-order valence-electron chi connectivity index (χ4n) is 1.01. The molecule has 0 unspecified atom stereocenters. The van der Waals surface area contributed by atoms with Gasteiger partial charge in [0.1, 0.15) is 5.75 Å². The van der Waals surface area contributed by atoms with Crippen LogP contribution in [0, 0.1) is 0 Å². The number of hydrogen-bond donors (Lipinski definition) is 0. The highest BCUT2D eigenvalue weighted by Gasteiger charge is 2.16. The Bertz CT molecular complexity index is 289. The lowest BCUT2D eigenvalue weighted by Gasteiger charge is -2.10. The first-order valence-corrected chi connectivity index (χ1v) is 4.65. The van der Waals surface area contributed by atoms with Crippen molar-refractivity contribution < 1.29 is 13.5 Å². The Balaban J connectivity index is 3.10. The Morgan fingerprint density at radius 2 is 2.15 bits per heavy atom. The van der Waals surface area contributed by atoms with Crippen LogP contribution in [0.1, 0.15) is 18.9 Å². The van der Waals surface area contributed by atoms with Gasteiger partial charge in [0.2, 0.25) is 0 Å². The first-order valence-electron chi connectivity index (χ1n) is 3.86. The Morgan fingerprint density at radius 1 is 1.46 bits per heavy atom. The number of rotatable bonds is 3. The average Bonchev–Trinajstić information content (AvgIpc) is 2.04. The van der Waals surface area contributed by atoms with Gasteiger partial charge in [0, 0.05) is 4.47 Å². The SMILES string of the molecule is CCOc1cccc(Br)c1C(F)F. The second-order valence-corrected chi connectivity index (χ2v) is 3.24. The molecule has 0 bridgehead atoms. The molecule has 0 aromatic heterocycles. The number of alkyl halides is 2. The zero-order chi connectivity index (χ0) is 9.84. The quantitative estimate of drug-likeness (QED) is 0.794. The van der Waals surface area contributed by atoms with Gasteiger partial charge in [0.25, 0.3) is 6.43 Å². The highest BCUT2D eigenvalue weighted by Crippen LogP contribution is 2.35. The number of ether oxygens (including phenoxy) is 1. The second-order valence-electron chi connectivity index (χ2n) is 2.39. The molecule has 1 rings (SSSR count). The van der Waals surface area contributed by atoms with Gasteiger partial charge < -0.3 is 4.74 Å². The van der Waals surface area contributed by atoms with Gasteiger partial charge in [-0.15, -0.1) is 0 Å². The average molecular weight is 251 g/mol. The van der Waals surface area contributed by atoms with Gasteiger partial charge in [-0.2, -0.15) is 0 Å². The number of benzene rings is 1. The zero-order valence-corrected chi connectivity index (χ0v) is 8.64. The molecule has 1 aromatic carbocycles. The van der Waals surface area contributed by atoms with Crippen molar-refractivity contribution in [2.75, 3.05) is 6.61 Å². The summed E-state index contributed by atoms with van der Waals surface area (Å²) in [6.45, 7) is 2.15. The summed E-state index contributed by atoms with van der Waals surface area (Å²) in [5.74, 6) is 0.242. The van der Waals surface area contributed by atoms with Crippen LogP contribution >= 0.6 is 15.9 Å². The molecule has 0 saturated heterocycles. The molecular weight excluding hydrogens is 242 g/mol. The normalized spacial score (nSPS) is 10.5. The molecule has 0 aliphatic rings. The van der Waals surface area contributed by atoms with E-state index in [-0.39, 0.29) is 11.3 Å². The maximum atomic E-state index is 12.5. The summed E-state index contributed by atoms with van der Waals surface area (Å²) in [5.41, 5.74) is -0.0793. The van der Waals surface area contributed by atoms with Crippen LogP contribution in [0.4, 0.5) is 8.78 Å². The second kappa shape index (κ2) is 4.56. The van der Waals surface area contributed by atoms with E-state index in [0.29, 0.717) is 11.1 Å². The van der Waals surface area contributed by atoms with Gasteiger partial charge >= 0.3 is 0 Å². The monoisotopic (exact) mass is 250 g/mol. The third kappa shape index (κ3) is 2.40. The molecule has 0 N–H and O–H groups in total. The highest BCUT2D eigenvalue weighted by atomic mass is 79.9. The summed E-state index contributed by atoms with van der Waals surface area (Å²) in [5, 5.41) is 0. The molecule has 0 aliphatic heterocycles. The van der Waals surface area contributed by atoms with E-state index in [1.807, 2.05) is 0 Å². The van der Waals surface area contributed by atoms with E-state index in [2.05, 4.69) is 15.9 Å². The summed E-state index contributed by atoms with van der Waals surface area (Å²) in [6, 6.07) is 4.78. The maximum absolute atomic E-state index is 12.5. The standard InChI is InChI=1S/C9H9BrF2O/c1-2-13-7-5-3-4-6(10)8(7)9(11)12/h3-5,9H,2H2,1H3. The third-order valence-electron chi connectivity index (χ3n) is 1.53. The summed E-state index contributed by atoms with van der Waals surface area (Å²) in [6.07, 6.45) is -2.52. The van der Waals surface area contributed by atoms with Crippen molar-refractivity contribution in [2.24, 2.45) is 0 Å². The molecular formula is C9H9BrF2O. The van der Waals surface area contributed by atoms with Crippen molar-refractivity contribution in [1.29, 1.82) is 0 Å². The largest absolute Gasteiger partial charge is 0.493 e. The van der Waals surface area contributed by atoms with Gasteiger partial charge in [-0.05, 0) is 19.1 Å². The topological polar surface area (TPSA) is 9.23 Å². The van der Waals surface area contributed by atoms with Crippen molar-refractivity contribution in [2.45, 2.75) is 13.3 Å². The first kappa shape index (κ1) is 10.4. The zero-order valence-electron chi connectivity index (χ0n) is 7.06. The minimum Gasteiger partial charge on any atom is -0.493 e. The van der Waals surface area contributed by atoms with E-state index in [1.165, 1.54) is 6.07 Å². The van der Waals surface area contributed by atoms with Crippen LogP contribution in [0.15, 0.2) is 22.7 Å². The summed E-state index contributed by atoms with van der Waals surface area (Å²) < 4.78 is 30.5. The molecule has 0 spiro atoms. The molecule has 1 aromatic rings. The Morgan fingerprint density at radius 3 is 2.69 bits per heavy atom. The van der Waals surface area contributed by atoms with Crippen molar-refractivity contribution >= 4 is 15.9 Å². The summed E-state index contributed by atoms with van der Waals surface area (Å²) in [4.78, 5) is 0. The molecule has 0 amide bonds. The lowest BCUT2D eigenvalue weighted by atomic mass is 10.2. The highest BCUT2D eigenvalue weighted by molar-refractivity contribution is 9.10. The third-order valence-corrected chi connectivity index (χ3v) is 2.22. The van der Waals surface area contributed by atoms with Crippen LogP contribution in [0.25, 0.3) is 0 Å². The van der Waals surface area contributed by atoms with Crippen molar-refractivity contribution in [3.63, 3.8) is 0 Å². The molecule has 0 radical (unpaired) electrons. The van der Waals surface area contributed by atoms with Crippen molar-refractivity contribution in [1.82, 2.24) is 0 Å². The minimum absolute atomic E-state index is 0.0793. The van der Waals surface area contributed by atoms with Gasteiger partial charge in [-0.3, -0.25) is 0 Å². The fraction of sp³-hybridized carbons (Fsp3) is 0.333. The Labute approximate surface area is 83.8 Å². The Kier molecular flexibility index (Phi) is 3.66. The summed E-state index contributed by atoms with van der Waals surface area (Å²) in [7, 11) is 0. The van der Waals surface area contributed by atoms with Crippen LogP contribution in [0.5, 0.6) is 5.75 Å². The fourth-order valence-corrected chi connectivity index (χ4v) is 1.53. The van der Waals surface area contributed by atoms with E-state index in [4.69, 9.17) is 4.74 Å². The van der Waals surface area contributed by atoms with Gasteiger partial charge in [0.05, 0.1) is 12.2 Å². The Hall–Kier alpha value is -0.640. The smallest absolute Gasteiger partial charge is 0.268 e. The van der Waals surface area contributed by atoms with E-state index >= 15 is 0 Å². The van der Waals surface area contributed by atoms with Gasteiger partial charge in [-0.25, -0.2) is 8.78 Å². The lowest BCUT2D eigenvalue weighted by molar-refractivity contribution is 0.144. The van der Waals surface area contributed by atoms with E-state index < -0.39 is 6.43 Å². The summed E-state index contributed by atoms with van der Waals surface area (Å²) >= 11 is 3.06.